The minimum Gasteiger partial charge on any atom is -0.546 e. The Morgan fingerprint density at radius 3 is 2.50 bits per heavy atom. The van der Waals surface area contributed by atoms with E-state index in [1.165, 1.54) is 11.1 Å². The Balaban J connectivity index is 1.61. The molecule has 0 aliphatic heterocycles. The van der Waals surface area contributed by atoms with Gasteiger partial charge in [0.15, 0.2) is 11.5 Å². The van der Waals surface area contributed by atoms with E-state index < -0.39 is 12.6 Å². The van der Waals surface area contributed by atoms with Crippen LogP contribution in [0.25, 0.3) is 0 Å². The average molecular weight is 469 g/mol. The summed E-state index contributed by atoms with van der Waals surface area (Å²) in [4.78, 5) is 23.7. The Morgan fingerprint density at radius 2 is 1.82 bits per heavy atom. The van der Waals surface area contributed by atoms with Gasteiger partial charge < -0.3 is 29.4 Å². The molecule has 2 aromatic carbocycles. The van der Waals surface area contributed by atoms with Crippen LogP contribution in [-0.2, 0) is 28.9 Å². The van der Waals surface area contributed by atoms with Gasteiger partial charge in [0.2, 0.25) is 5.91 Å². The van der Waals surface area contributed by atoms with Gasteiger partial charge in [0.1, 0.15) is 12.4 Å². The van der Waals surface area contributed by atoms with Crippen LogP contribution in [0.2, 0.25) is 0 Å². The molecule has 3 rings (SSSR count). The number of carboxylic acids is 1. The van der Waals surface area contributed by atoms with Crippen LogP contribution < -0.4 is 24.6 Å². The van der Waals surface area contributed by atoms with Crippen molar-refractivity contribution in [3.8, 4) is 17.2 Å². The van der Waals surface area contributed by atoms with Crippen molar-refractivity contribution in [1.29, 1.82) is 0 Å². The first kappa shape index (κ1) is 25.4. The zero-order valence-corrected chi connectivity index (χ0v) is 20.7. The molecule has 2 aromatic rings. The van der Waals surface area contributed by atoms with Crippen molar-refractivity contribution in [2.75, 3.05) is 27.4 Å². The largest absolute Gasteiger partial charge is 0.546 e. The second kappa shape index (κ2) is 11.3. The molecule has 1 aliphatic rings. The molecule has 184 valence electrons. The number of carbonyl (C=O) groups is 2. The molecule has 1 N–H and O–H groups in total. The summed E-state index contributed by atoms with van der Waals surface area (Å²) in [5.41, 5.74) is 5.57. The summed E-state index contributed by atoms with van der Waals surface area (Å²) >= 11 is 0. The number of benzene rings is 2. The number of methoxy groups -OCH3 is 2. The van der Waals surface area contributed by atoms with E-state index in [0.29, 0.717) is 30.2 Å². The first-order valence-corrected chi connectivity index (χ1v) is 11.7. The molecular formula is C27H34NO6-. The first-order chi connectivity index (χ1) is 16.2. The third-order valence-electron chi connectivity index (χ3n) is 6.87. The molecular weight excluding hydrogens is 434 g/mol. The molecule has 0 radical (unpaired) electrons. The van der Waals surface area contributed by atoms with Gasteiger partial charge in [-0.25, -0.2) is 0 Å². The summed E-state index contributed by atoms with van der Waals surface area (Å²) in [5, 5.41) is 13.9. The average Bonchev–Trinajstić information content (AvgIpc) is 2.84. The minimum absolute atomic E-state index is 0.0488. The summed E-state index contributed by atoms with van der Waals surface area (Å²) in [7, 11) is 3.21. The van der Waals surface area contributed by atoms with Gasteiger partial charge in [0.25, 0.3) is 0 Å². The third kappa shape index (κ3) is 5.82. The predicted octanol–water partition coefficient (Wildman–Crippen LogP) is 2.55. The molecule has 0 saturated carbocycles. The van der Waals surface area contributed by atoms with Gasteiger partial charge >= 0.3 is 0 Å². The normalized spacial score (nSPS) is 15.7. The molecule has 0 spiro atoms. The fraction of sp³-hybridized carbons (Fsp3) is 0.481. The summed E-state index contributed by atoms with van der Waals surface area (Å²) in [6.45, 7) is 6.04. The van der Waals surface area contributed by atoms with Gasteiger partial charge in [-0.05, 0) is 91.5 Å². The number of hydrogen-bond donors (Lipinski definition) is 1. The Morgan fingerprint density at radius 1 is 1.09 bits per heavy atom. The fourth-order valence-electron chi connectivity index (χ4n) is 4.78. The van der Waals surface area contributed by atoms with Crippen LogP contribution in [0, 0.1) is 25.7 Å². The van der Waals surface area contributed by atoms with Crippen molar-refractivity contribution < 1.29 is 28.9 Å². The predicted molar refractivity (Wildman–Crippen MR) is 127 cm³/mol. The lowest BCUT2D eigenvalue weighted by Gasteiger charge is -2.31. The molecule has 0 fully saturated rings. The molecule has 34 heavy (non-hydrogen) atoms. The molecule has 0 saturated heterocycles. The summed E-state index contributed by atoms with van der Waals surface area (Å²) in [5.74, 6) is 0.815. The summed E-state index contributed by atoms with van der Waals surface area (Å²) in [6.07, 6.45) is 3.31. The Hall–Kier alpha value is -3.22. The molecule has 1 aliphatic carbocycles. The number of aryl methyl sites for hydroxylation is 1. The Bertz CT molecular complexity index is 1050. The Labute approximate surface area is 201 Å². The zero-order valence-electron chi connectivity index (χ0n) is 20.7. The van der Waals surface area contributed by atoms with Crippen molar-refractivity contribution in [3.63, 3.8) is 0 Å². The second-order valence-corrected chi connectivity index (χ2v) is 8.96. The topological polar surface area (TPSA) is 96.9 Å². The SMILES string of the molecule is COc1ccc(CCNC(=O)[C@@H](C)[C@@H]2CCc3c(C)cc(OCC(=O)[O-])c(C)c3C2)cc1OC. The highest BCUT2D eigenvalue weighted by molar-refractivity contribution is 5.78. The van der Waals surface area contributed by atoms with Crippen LogP contribution in [0.15, 0.2) is 24.3 Å². The van der Waals surface area contributed by atoms with Crippen LogP contribution in [0.1, 0.15) is 41.2 Å². The maximum absolute atomic E-state index is 12.9. The second-order valence-electron chi connectivity index (χ2n) is 8.96. The van der Waals surface area contributed by atoms with E-state index in [4.69, 9.17) is 14.2 Å². The van der Waals surface area contributed by atoms with Crippen LogP contribution in [0.3, 0.4) is 0 Å². The van der Waals surface area contributed by atoms with Gasteiger partial charge in [0.05, 0.1) is 20.2 Å². The highest BCUT2D eigenvalue weighted by Crippen LogP contribution is 2.37. The van der Waals surface area contributed by atoms with Crippen molar-refractivity contribution in [3.05, 3.63) is 52.1 Å². The van der Waals surface area contributed by atoms with Crippen molar-refractivity contribution in [2.24, 2.45) is 11.8 Å². The maximum Gasteiger partial charge on any atom is 0.223 e. The van der Waals surface area contributed by atoms with Crippen LogP contribution >= 0.6 is 0 Å². The smallest absolute Gasteiger partial charge is 0.223 e. The first-order valence-electron chi connectivity index (χ1n) is 11.7. The zero-order chi connectivity index (χ0) is 24.8. The summed E-state index contributed by atoms with van der Waals surface area (Å²) in [6, 6.07) is 7.67. The Kier molecular flexibility index (Phi) is 8.42. The summed E-state index contributed by atoms with van der Waals surface area (Å²) < 4.78 is 16.1. The lowest BCUT2D eigenvalue weighted by atomic mass is 9.74. The standard InChI is InChI=1S/C27H35NO6/c1-16-12-24(34-15-26(29)30)18(3)22-14-20(7-8-21(16)22)17(2)27(31)28-11-10-19-6-9-23(32-4)25(13-19)33-5/h6,9,12-13,17,20H,7-8,10-11,14-15H2,1-5H3,(H,28,31)(H,29,30)/p-1/t17-,20+/m0/s1. The lowest BCUT2D eigenvalue weighted by molar-refractivity contribution is -0.307. The molecule has 0 bridgehead atoms. The van der Waals surface area contributed by atoms with E-state index in [1.807, 2.05) is 45.0 Å². The molecule has 0 aromatic heterocycles. The molecule has 2 atom stereocenters. The van der Waals surface area contributed by atoms with E-state index in [0.717, 1.165) is 36.0 Å². The molecule has 7 heteroatoms. The quantitative estimate of drug-likeness (QED) is 0.576. The fourth-order valence-corrected chi connectivity index (χ4v) is 4.78. The third-order valence-corrected chi connectivity index (χ3v) is 6.87. The number of fused-ring (bicyclic) bond motifs is 1. The van der Waals surface area contributed by atoms with Gasteiger partial charge in [0, 0.05) is 12.5 Å². The van der Waals surface area contributed by atoms with Gasteiger partial charge in [-0.15, -0.1) is 0 Å². The number of amides is 1. The lowest BCUT2D eigenvalue weighted by Crippen LogP contribution is -2.36. The van der Waals surface area contributed by atoms with E-state index in [2.05, 4.69) is 5.32 Å². The van der Waals surface area contributed by atoms with Crippen molar-refractivity contribution in [2.45, 2.75) is 46.5 Å². The van der Waals surface area contributed by atoms with Gasteiger partial charge in [-0.3, -0.25) is 4.79 Å². The van der Waals surface area contributed by atoms with E-state index in [9.17, 15) is 14.7 Å². The highest BCUT2D eigenvalue weighted by Gasteiger charge is 2.30. The number of carboxylic acid groups (broad SMARTS) is 1. The van der Waals surface area contributed by atoms with Crippen LogP contribution in [0.4, 0.5) is 0 Å². The number of carbonyl (C=O) groups excluding carboxylic acids is 2. The number of aliphatic carboxylic acids is 1. The monoisotopic (exact) mass is 468 g/mol. The van der Waals surface area contributed by atoms with Crippen molar-refractivity contribution in [1.82, 2.24) is 5.32 Å². The van der Waals surface area contributed by atoms with E-state index in [-0.39, 0.29) is 17.7 Å². The number of nitrogens with one attached hydrogen (secondary N) is 1. The molecule has 0 heterocycles. The highest BCUT2D eigenvalue weighted by atomic mass is 16.5. The van der Waals surface area contributed by atoms with E-state index in [1.54, 1.807) is 14.2 Å². The minimum atomic E-state index is -1.24. The number of ether oxygens (including phenoxy) is 3. The molecule has 7 nitrogen and oxygen atoms in total. The van der Waals surface area contributed by atoms with Crippen LogP contribution in [0.5, 0.6) is 17.2 Å². The van der Waals surface area contributed by atoms with Gasteiger partial charge in [-0.1, -0.05) is 13.0 Å². The van der Waals surface area contributed by atoms with Gasteiger partial charge in [-0.2, -0.15) is 0 Å². The maximum atomic E-state index is 12.9. The van der Waals surface area contributed by atoms with Crippen molar-refractivity contribution >= 4 is 11.9 Å². The van der Waals surface area contributed by atoms with E-state index >= 15 is 0 Å². The molecule has 0 unspecified atom stereocenters. The number of rotatable bonds is 10. The number of hydrogen-bond acceptors (Lipinski definition) is 6. The van der Waals surface area contributed by atoms with Crippen LogP contribution in [-0.4, -0.2) is 39.2 Å². The molecule has 1 amide bonds.